The first-order valence-corrected chi connectivity index (χ1v) is 9.67. The van der Waals surface area contributed by atoms with E-state index in [0.717, 1.165) is 18.4 Å². The van der Waals surface area contributed by atoms with Gasteiger partial charge in [-0.05, 0) is 38.7 Å². The molecule has 2 rings (SSSR count). The van der Waals surface area contributed by atoms with Crippen molar-refractivity contribution in [3.63, 3.8) is 0 Å². The second kappa shape index (κ2) is 7.92. The Labute approximate surface area is 137 Å². The maximum Gasteiger partial charge on any atom is 0.305 e. The fraction of sp³-hybridized carbons (Fsp3) is 0.733. The number of esters is 1. The maximum absolute atomic E-state index is 12.3. The van der Waals surface area contributed by atoms with E-state index in [0.29, 0.717) is 26.1 Å². The Bertz CT molecular complexity index is 618. The zero-order valence-corrected chi connectivity index (χ0v) is 14.6. The first kappa shape index (κ1) is 17.9. The zero-order chi connectivity index (χ0) is 16.9. The van der Waals surface area contributed by atoms with Gasteiger partial charge in [-0.25, -0.2) is 12.7 Å². The Balaban J connectivity index is 1.80. The molecule has 0 aliphatic carbocycles. The Morgan fingerprint density at radius 3 is 2.65 bits per heavy atom. The number of hydrogen-bond acceptors (Lipinski definition) is 5. The minimum atomic E-state index is -3.30. The number of aromatic nitrogens is 2. The molecule has 1 aromatic rings. The van der Waals surface area contributed by atoms with E-state index in [1.54, 1.807) is 6.92 Å². The van der Waals surface area contributed by atoms with Crippen molar-refractivity contribution in [1.29, 1.82) is 0 Å². The topological polar surface area (TPSA) is 81.5 Å². The zero-order valence-electron chi connectivity index (χ0n) is 13.8. The molecule has 1 fully saturated rings. The van der Waals surface area contributed by atoms with Crippen LogP contribution in [-0.2, 0) is 19.6 Å². The molecule has 8 heteroatoms. The summed E-state index contributed by atoms with van der Waals surface area (Å²) < 4.78 is 32.9. The molecule has 0 aromatic carbocycles. The van der Waals surface area contributed by atoms with Crippen LogP contribution >= 0.6 is 0 Å². The molecule has 0 bridgehead atoms. The van der Waals surface area contributed by atoms with Gasteiger partial charge in [0.05, 0.1) is 24.6 Å². The molecule has 0 unspecified atom stereocenters. The highest BCUT2D eigenvalue weighted by atomic mass is 32.2. The number of carbonyl (C=O) groups excluding carboxylic acids is 1. The van der Waals surface area contributed by atoms with E-state index in [4.69, 9.17) is 4.74 Å². The molecular formula is C15H25N3O4S. The number of nitrogens with zero attached hydrogens (tertiary/aromatic N) is 3. The number of hydrogen-bond donors (Lipinski definition) is 0. The molecule has 23 heavy (non-hydrogen) atoms. The van der Waals surface area contributed by atoms with Gasteiger partial charge in [0.2, 0.25) is 10.0 Å². The Kier molecular flexibility index (Phi) is 6.17. The van der Waals surface area contributed by atoms with Crippen LogP contribution in [-0.4, -0.2) is 53.9 Å². The average Bonchev–Trinajstić information content (AvgIpc) is 2.94. The summed E-state index contributed by atoms with van der Waals surface area (Å²) in [5.74, 6) is -0.340. The summed E-state index contributed by atoms with van der Waals surface area (Å²) in [4.78, 5) is 11.3. The van der Waals surface area contributed by atoms with E-state index < -0.39 is 10.0 Å². The minimum Gasteiger partial charge on any atom is -0.466 e. The third-order valence-electron chi connectivity index (χ3n) is 4.01. The number of ether oxygens (including phenoxy) is 1. The van der Waals surface area contributed by atoms with Crippen LogP contribution in [0, 0.1) is 6.92 Å². The summed E-state index contributed by atoms with van der Waals surface area (Å²) in [6, 6.07) is 0.259. The second-order valence-electron chi connectivity index (χ2n) is 5.85. The van der Waals surface area contributed by atoms with Crippen molar-refractivity contribution in [3.05, 3.63) is 18.0 Å². The lowest BCUT2D eigenvalue weighted by molar-refractivity contribution is -0.143. The van der Waals surface area contributed by atoms with Gasteiger partial charge >= 0.3 is 5.97 Å². The third kappa shape index (κ3) is 5.04. The summed E-state index contributed by atoms with van der Waals surface area (Å²) in [6.07, 6.45) is 5.79. The lowest BCUT2D eigenvalue weighted by atomic mass is 10.1. The molecule has 1 aliphatic heterocycles. The van der Waals surface area contributed by atoms with Gasteiger partial charge in [-0.2, -0.15) is 5.10 Å². The van der Waals surface area contributed by atoms with Crippen LogP contribution in [0.4, 0.5) is 0 Å². The molecule has 0 spiro atoms. The third-order valence-corrected chi connectivity index (χ3v) is 5.97. The normalized spacial score (nSPS) is 17.3. The fourth-order valence-corrected chi connectivity index (χ4v) is 4.31. The Hall–Kier alpha value is -1.41. The van der Waals surface area contributed by atoms with Gasteiger partial charge in [-0.1, -0.05) is 0 Å². The first-order valence-electron chi connectivity index (χ1n) is 8.06. The SMILES string of the molecule is CCOC(=O)CCCS(=O)(=O)N1CCC(n2cc(C)cn2)CC1. The Morgan fingerprint density at radius 2 is 2.09 bits per heavy atom. The highest BCUT2D eigenvalue weighted by Crippen LogP contribution is 2.24. The molecule has 2 heterocycles. The summed E-state index contributed by atoms with van der Waals surface area (Å²) in [5.41, 5.74) is 1.11. The van der Waals surface area contributed by atoms with Gasteiger partial charge < -0.3 is 4.74 Å². The monoisotopic (exact) mass is 343 g/mol. The van der Waals surface area contributed by atoms with Crippen LogP contribution in [0.15, 0.2) is 12.4 Å². The fourth-order valence-electron chi connectivity index (χ4n) is 2.78. The van der Waals surface area contributed by atoms with Crippen molar-refractivity contribution in [3.8, 4) is 0 Å². The summed E-state index contributed by atoms with van der Waals surface area (Å²) in [7, 11) is -3.30. The van der Waals surface area contributed by atoms with Crippen LogP contribution in [0.2, 0.25) is 0 Å². The van der Waals surface area contributed by atoms with Gasteiger partial charge in [-0.3, -0.25) is 9.48 Å². The predicted octanol–water partition coefficient (Wildman–Crippen LogP) is 1.50. The molecule has 7 nitrogen and oxygen atoms in total. The van der Waals surface area contributed by atoms with E-state index in [1.165, 1.54) is 4.31 Å². The quantitative estimate of drug-likeness (QED) is 0.701. The Morgan fingerprint density at radius 1 is 1.39 bits per heavy atom. The predicted molar refractivity (Wildman–Crippen MR) is 86.5 cm³/mol. The first-order chi connectivity index (χ1) is 10.9. The minimum absolute atomic E-state index is 0.00262. The standard InChI is InChI=1S/C15H25N3O4S/c1-3-22-15(19)5-4-10-23(20,21)17-8-6-14(7-9-17)18-12-13(2)11-16-18/h11-12,14H,3-10H2,1-2H3. The summed E-state index contributed by atoms with van der Waals surface area (Å²) >= 11 is 0. The van der Waals surface area contributed by atoms with Crippen LogP contribution in [0.5, 0.6) is 0 Å². The van der Waals surface area contributed by atoms with Gasteiger partial charge in [0.1, 0.15) is 0 Å². The van der Waals surface area contributed by atoms with Crippen LogP contribution in [0.3, 0.4) is 0 Å². The van der Waals surface area contributed by atoms with Crippen molar-refractivity contribution < 1.29 is 17.9 Å². The molecule has 130 valence electrons. The highest BCUT2D eigenvalue weighted by Gasteiger charge is 2.28. The van der Waals surface area contributed by atoms with Gasteiger partial charge in [0.15, 0.2) is 0 Å². The van der Waals surface area contributed by atoms with Crippen molar-refractivity contribution >= 4 is 16.0 Å². The van der Waals surface area contributed by atoms with E-state index in [2.05, 4.69) is 5.10 Å². The average molecular weight is 343 g/mol. The maximum atomic E-state index is 12.3. The number of piperidine rings is 1. The lowest BCUT2D eigenvalue weighted by Gasteiger charge is -2.31. The largest absolute Gasteiger partial charge is 0.466 e. The van der Waals surface area contributed by atoms with E-state index in [9.17, 15) is 13.2 Å². The molecule has 0 saturated carbocycles. The van der Waals surface area contributed by atoms with Crippen LogP contribution in [0.1, 0.15) is 44.2 Å². The van der Waals surface area contributed by atoms with Crippen molar-refractivity contribution in [2.24, 2.45) is 0 Å². The van der Waals surface area contributed by atoms with Gasteiger partial charge in [-0.15, -0.1) is 0 Å². The second-order valence-corrected chi connectivity index (χ2v) is 7.94. The molecule has 1 aliphatic rings. The number of carbonyl (C=O) groups is 1. The van der Waals surface area contributed by atoms with Crippen molar-refractivity contribution in [2.75, 3.05) is 25.4 Å². The van der Waals surface area contributed by atoms with Crippen molar-refractivity contribution in [1.82, 2.24) is 14.1 Å². The van der Waals surface area contributed by atoms with Crippen molar-refractivity contribution in [2.45, 2.75) is 45.6 Å². The number of rotatable bonds is 7. The molecule has 1 aromatic heterocycles. The van der Waals surface area contributed by atoms with Gasteiger partial charge in [0, 0.05) is 25.7 Å². The molecule has 0 atom stereocenters. The lowest BCUT2D eigenvalue weighted by Crippen LogP contribution is -2.40. The summed E-state index contributed by atoms with van der Waals surface area (Å²) in [6.45, 7) is 5.06. The van der Waals surface area contributed by atoms with E-state index in [-0.39, 0.29) is 24.2 Å². The van der Waals surface area contributed by atoms with E-state index in [1.807, 2.05) is 24.0 Å². The van der Waals surface area contributed by atoms with E-state index >= 15 is 0 Å². The molecule has 0 radical (unpaired) electrons. The van der Waals surface area contributed by atoms with Crippen LogP contribution in [0.25, 0.3) is 0 Å². The number of aryl methyl sites for hydroxylation is 1. The molecule has 0 N–H and O–H groups in total. The molecular weight excluding hydrogens is 318 g/mol. The van der Waals surface area contributed by atoms with Crippen LogP contribution < -0.4 is 0 Å². The highest BCUT2D eigenvalue weighted by molar-refractivity contribution is 7.89. The number of sulfonamides is 1. The summed E-state index contributed by atoms with van der Waals surface area (Å²) in [5, 5.41) is 4.31. The molecule has 1 saturated heterocycles. The van der Waals surface area contributed by atoms with Gasteiger partial charge in [0.25, 0.3) is 0 Å². The smallest absolute Gasteiger partial charge is 0.305 e. The molecule has 0 amide bonds.